The maximum atomic E-state index is 2.69. The number of rotatable bonds is 3. The summed E-state index contributed by atoms with van der Waals surface area (Å²) in [6.07, 6.45) is 2.27. The largest absolute Gasteiger partial charge is 0.311 e. The molecule has 0 fully saturated rings. The zero-order chi connectivity index (χ0) is 47.6. The van der Waals surface area contributed by atoms with Crippen molar-refractivity contribution >= 4 is 57.2 Å². The van der Waals surface area contributed by atoms with E-state index in [1.165, 1.54) is 106 Å². The van der Waals surface area contributed by atoms with E-state index < -0.39 is 0 Å². The average molecular weight is 871 g/mol. The van der Waals surface area contributed by atoms with Crippen LogP contribution in [-0.4, -0.2) is 6.71 Å². The van der Waals surface area contributed by atoms with Gasteiger partial charge in [-0.1, -0.05) is 172 Å². The molecule has 10 rings (SSSR count). The number of fused-ring (bicyclic) bond motifs is 6. The average Bonchev–Trinajstić information content (AvgIpc) is 3.51. The Labute approximate surface area is 399 Å². The van der Waals surface area contributed by atoms with Crippen LogP contribution in [0, 0.1) is 6.92 Å². The van der Waals surface area contributed by atoms with Gasteiger partial charge in [0, 0.05) is 34.0 Å². The lowest BCUT2D eigenvalue weighted by atomic mass is 9.33. The van der Waals surface area contributed by atoms with Gasteiger partial charge >= 0.3 is 0 Å². The normalized spacial score (nSPS) is 18.4. The summed E-state index contributed by atoms with van der Waals surface area (Å²) in [7, 11) is 0. The SMILES string of the molecule is Cc1cc2c3c(c1)N(c1ccc(C(C)(C)C)cc1-c1ccc(C(C)(C)C)cc1)c1ccc(C(C)(C)C)cc1B3c1cc3c(cc1N2c1ccc2c(c1)C(C)(C)CC2(C)C)C(C)(C)CC3(C)C. The third kappa shape index (κ3) is 6.86. The third-order valence-corrected chi connectivity index (χ3v) is 16.3. The fraction of sp³-hybridized carbons (Fsp3) is 0.429. The topological polar surface area (TPSA) is 6.48 Å². The number of anilines is 6. The van der Waals surface area contributed by atoms with E-state index in [-0.39, 0.29) is 44.6 Å². The molecule has 66 heavy (non-hydrogen) atoms. The third-order valence-electron chi connectivity index (χ3n) is 16.3. The zero-order valence-electron chi connectivity index (χ0n) is 43.7. The lowest BCUT2D eigenvalue weighted by Crippen LogP contribution is -2.61. The molecule has 6 aromatic carbocycles. The van der Waals surface area contributed by atoms with Crippen LogP contribution in [0.5, 0.6) is 0 Å². The smallest absolute Gasteiger partial charge is 0.252 e. The second-order valence-electron chi connectivity index (χ2n) is 26.7. The van der Waals surface area contributed by atoms with E-state index in [9.17, 15) is 0 Å². The molecule has 0 amide bonds. The summed E-state index contributed by atoms with van der Waals surface area (Å²) in [5.74, 6) is 0. The summed E-state index contributed by atoms with van der Waals surface area (Å²) in [4.78, 5) is 5.34. The first-order chi connectivity index (χ1) is 30.5. The summed E-state index contributed by atoms with van der Waals surface area (Å²) >= 11 is 0. The predicted molar refractivity (Wildman–Crippen MR) is 288 cm³/mol. The maximum absolute atomic E-state index is 2.69. The molecule has 2 aliphatic carbocycles. The molecule has 0 radical (unpaired) electrons. The molecule has 2 aliphatic heterocycles. The first-order valence-corrected chi connectivity index (χ1v) is 25.0. The Balaban J connectivity index is 1.32. The number of hydrogen-bond acceptors (Lipinski definition) is 2. The molecule has 0 bridgehead atoms. The van der Waals surface area contributed by atoms with E-state index in [1.807, 2.05) is 0 Å². The van der Waals surface area contributed by atoms with Gasteiger partial charge in [0.1, 0.15) is 0 Å². The van der Waals surface area contributed by atoms with E-state index in [0.717, 1.165) is 12.8 Å². The van der Waals surface area contributed by atoms with E-state index in [4.69, 9.17) is 0 Å². The molecule has 2 heterocycles. The molecule has 340 valence electrons. The van der Waals surface area contributed by atoms with Gasteiger partial charge in [-0.2, -0.15) is 0 Å². The number of aryl methyl sites for hydroxylation is 1. The quantitative estimate of drug-likeness (QED) is 0.163. The van der Waals surface area contributed by atoms with Crippen molar-refractivity contribution in [1.82, 2.24) is 0 Å². The van der Waals surface area contributed by atoms with Crippen LogP contribution in [-0.2, 0) is 37.9 Å². The van der Waals surface area contributed by atoms with E-state index >= 15 is 0 Å². The van der Waals surface area contributed by atoms with Crippen molar-refractivity contribution in [2.45, 2.75) is 175 Å². The molecular formula is C63H75BN2. The molecule has 0 saturated carbocycles. The number of nitrogens with zero attached hydrogens (tertiary/aromatic N) is 2. The molecule has 0 atom stereocenters. The standard InChI is InChI=1S/C63H75BN2/c1-38-29-54-56-55(30-38)66(51-27-23-41(58(5,6)7)31-44(51)39-19-21-40(22-20-39)57(2,3)4)52-28-24-42(59(8,9)10)32-49(52)64(56)50-34-47-48(63(17,18)37-62(47,15)16)35-53(50)65(54)43-25-26-45-46(33-43)61(13,14)36-60(45,11)12/h19-35H,36-37H2,1-18H3. The molecule has 0 saturated heterocycles. The van der Waals surface area contributed by atoms with Crippen molar-refractivity contribution in [3.63, 3.8) is 0 Å². The van der Waals surface area contributed by atoms with E-state index in [0.29, 0.717) is 0 Å². The molecule has 6 aromatic rings. The highest BCUT2D eigenvalue weighted by Crippen LogP contribution is 2.55. The van der Waals surface area contributed by atoms with Crippen LogP contribution >= 0.6 is 0 Å². The second-order valence-corrected chi connectivity index (χ2v) is 26.7. The number of hydrogen-bond donors (Lipinski definition) is 0. The summed E-state index contributed by atoms with van der Waals surface area (Å²) in [5.41, 5.74) is 26.0. The van der Waals surface area contributed by atoms with Gasteiger partial charge in [0.25, 0.3) is 6.71 Å². The molecule has 0 N–H and O–H groups in total. The fourth-order valence-corrected chi connectivity index (χ4v) is 13.3. The Kier molecular flexibility index (Phi) is 9.52. The Bertz CT molecular complexity index is 2990. The van der Waals surface area contributed by atoms with Gasteiger partial charge in [-0.3, -0.25) is 0 Å². The van der Waals surface area contributed by atoms with Crippen LogP contribution in [0.15, 0.2) is 103 Å². The Morgan fingerprint density at radius 1 is 0.409 bits per heavy atom. The van der Waals surface area contributed by atoms with Crippen molar-refractivity contribution in [1.29, 1.82) is 0 Å². The molecule has 0 spiro atoms. The monoisotopic (exact) mass is 871 g/mol. The van der Waals surface area contributed by atoms with Gasteiger partial charge in [0.15, 0.2) is 0 Å². The fourth-order valence-electron chi connectivity index (χ4n) is 13.3. The molecule has 2 nitrogen and oxygen atoms in total. The molecule has 0 unspecified atom stereocenters. The molecule has 3 heteroatoms. The highest BCUT2D eigenvalue weighted by atomic mass is 15.2. The summed E-state index contributed by atoms with van der Waals surface area (Å²) < 4.78 is 0. The molecule has 0 aromatic heterocycles. The first-order valence-electron chi connectivity index (χ1n) is 25.0. The van der Waals surface area contributed by atoms with Crippen LogP contribution in [0.2, 0.25) is 0 Å². The minimum atomic E-state index is -0.0248. The highest BCUT2D eigenvalue weighted by Gasteiger charge is 2.49. The predicted octanol–water partition coefficient (Wildman–Crippen LogP) is 15.6. The highest BCUT2D eigenvalue weighted by molar-refractivity contribution is 7.00. The van der Waals surface area contributed by atoms with Gasteiger partial charge in [0.2, 0.25) is 0 Å². The van der Waals surface area contributed by atoms with Crippen LogP contribution < -0.4 is 26.2 Å². The van der Waals surface area contributed by atoms with Crippen molar-refractivity contribution in [3.05, 3.63) is 148 Å². The Morgan fingerprint density at radius 2 is 0.879 bits per heavy atom. The summed E-state index contributed by atoms with van der Waals surface area (Å²) in [5, 5.41) is 0. The van der Waals surface area contributed by atoms with E-state index in [2.05, 4.69) is 238 Å². The van der Waals surface area contributed by atoms with Gasteiger partial charge in [-0.15, -0.1) is 0 Å². The van der Waals surface area contributed by atoms with Crippen LogP contribution in [0.1, 0.15) is 175 Å². The lowest BCUT2D eigenvalue weighted by molar-refractivity contribution is 0.403. The lowest BCUT2D eigenvalue weighted by Gasteiger charge is -2.46. The minimum Gasteiger partial charge on any atom is -0.311 e. The van der Waals surface area contributed by atoms with Gasteiger partial charge in [-0.25, -0.2) is 0 Å². The zero-order valence-corrected chi connectivity index (χ0v) is 43.7. The Morgan fingerprint density at radius 3 is 1.45 bits per heavy atom. The van der Waals surface area contributed by atoms with Gasteiger partial charge in [0.05, 0.1) is 5.69 Å². The molecular weight excluding hydrogens is 796 g/mol. The van der Waals surface area contributed by atoms with Gasteiger partial charge in [-0.05, 0) is 173 Å². The van der Waals surface area contributed by atoms with Crippen molar-refractivity contribution in [2.75, 3.05) is 9.80 Å². The van der Waals surface area contributed by atoms with Crippen molar-refractivity contribution in [3.8, 4) is 11.1 Å². The van der Waals surface area contributed by atoms with Crippen LogP contribution in [0.25, 0.3) is 11.1 Å². The number of benzene rings is 6. The van der Waals surface area contributed by atoms with E-state index in [1.54, 1.807) is 0 Å². The molecule has 4 aliphatic rings. The van der Waals surface area contributed by atoms with Crippen molar-refractivity contribution < 1.29 is 0 Å². The first kappa shape index (κ1) is 44.8. The van der Waals surface area contributed by atoms with Crippen molar-refractivity contribution in [2.24, 2.45) is 0 Å². The summed E-state index contributed by atoms with van der Waals surface area (Å²) in [6.45, 7) is 43.1. The van der Waals surface area contributed by atoms with Crippen LogP contribution in [0.3, 0.4) is 0 Å². The summed E-state index contributed by atoms with van der Waals surface area (Å²) in [6, 6.07) is 42.0. The maximum Gasteiger partial charge on any atom is 0.252 e. The second kappa shape index (κ2) is 14.0. The Hall–Kier alpha value is -5.02. The minimum absolute atomic E-state index is 0.0138. The van der Waals surface area contributed by atoms with Gasteiger partial charge < -0.3 is 9.80 Å². The van der Waals surface area contributed by atoms with Crippen LogP contribution in [0.4, 0.5) is 34.1 Å².